The molecule has 1 N–H and O–H groups in total. The van der Waals surface area contributed by atoms with Crippen molar-refractivity contribution >= 4 is 15.9 Å². The number of sulfonamides is 1. The minimum absolute atomic E-state index is 0.0625. The second-order valence-corrected chi connectivity index (χ2v) is 9.80. The van der Waals surface area contributed by atoms with Crippen molar-refractivity contribution < 1.29 is 27.1 Å². The van der Waals surface area contributed by atoms with E-state index in [9.17, 15) is 13.2 Å². The van der Waals surface area contributed by atoms with Crippen LogP contribution in [-0.2, 0) is 14.8 Å². The Hall–Kier alpha value is -2.40. The molecule has 1 amide bonds. The normalized spacial score (nSPS) is 19.0. The molecule has 0 spiro atoms. The molecule has 2 aliphatic heterocycles. The molecule has 2 aromatic rings. The number of methoxy groups -OCH3 is 1. The molecule has 0 bridgehead atoms. The SMILES string of the molecule is COc1ccc(S(=O)(=O)N2CCOCC2)cc1C(=O)NC[C@H](c1ccco1)N1CCCC1. The van der Waals surface area contributed by atoms with Gasteiger partial charge in [0, 0.05) is 19.6 Å². The maximum atomic E-state index is 13.1. The number of amides is 1. The topological polar surface area (TPSA) is 101 Å². The molecule has 1 aromatic carbocycles. The number of likely N-dealkylation sites (tertiary alicyclic amines) is 1. The molecule has 9 nitrogen and oxygen atoms in total. The third kappa shape index (κ3) is 4.83. The molecule has 1 aromatic heterocycles. The van der Waals surface area contributed by atoms with Crippen molar-refractivity contribution in [3.63, 3.8) is 0 Å². The molecule has 0 radical (unpaired) electrons. The number of carbonyl (C=O) groups is 1. The van der Waals surface area contributed by atoms with Gasteiger partial charge in [0.05, 0.1) is 43.1 Å². The quantitative estimate of drug-likeness (QED) is 0.638. The van der Waals surface area contributed by atoms with Crippen molar-refractivity contribution in [2.45, 2.75) is 23.8 Å². The largest absolute Gasteiger partial charge is 0.496 e. The number of ether oxygens (including phenoxy) is 2. The third-order valence-corrected chi connectivity index (χ3v) is 7.83. The maximum Gasteiger partial charge on any atom is 0.255 e. The van der Waals surface area contributed by atoms with E-state index in [1.807, 2.05) is 12.1 Å². The Kier molecular flexibility index (Phi) is 7.14. The lowest BCUT2D eigenvalue weighted by molar-refractivity contribution is 0.0730. The summed E-state index contributed by atoms with van der Waals surface area (Å²) in [5, 5.41) is 2.95. The van der Waals surface area contributed by atoms with Gasteiger partial charge in [-0.3, -0.25) is 9.69 Å². The first-order valence-electron chi connectivity index (χ1n) is 10.8. The average molecular weight is 464 g/mol. The molecular weight excluding hydrogens is 434 g/mol. The van der Waals surface area contributed by atoms with Gasteiger partial charge in [0.1, 0.15) is 11.5 Å². The van der Waals surface area contributed by atoms with E-state index in [4.69, 9.17) is 13.9 Å². The van der Waals surface area contributed by atoms with E-state index < -0.39 is 15.9 Å². The van der Waals surface area contributed by atoms with Crippen LogP contribution >= 0.6 is 0 Å². The average Bonchev–Trinajstić information content (AvgIpc) is 3.54. The highest BCUT2D eigenvalue weighted by Crippen LogP contribution is 2.27. The van der Waals surface area contributed by atoms with Crippen molar-refractivity contribution in [3.05, 3.63) is 47.9 Å². The van der Waals surface area contributed by atoms with E-state index in [2.05, 4.69) is 10.2 Å². The predicted octanol–water partition coefficient (Wildman–Crippen LogP) is 1.88. The summed E-state index contributed by atoms with van der Waals surface area (Å²) >= 11 is 0. The Morgan fingerprint density at radius 1 is 1.16 bits per heavy atom. The molecule has 0 unspecified atom stereocenters. The first-order chi connectivity index (χ1) is 15.5. The number of furan rings is 1. The van der Waals surface area contributed by atoms with Crippen LogP contribution in [0, 0.1) is 0 Å². The summed E-state index contributed by atoms with van der Waals surface area (Å²) in [5.74, 6) is 0.721. The molecule has 0 saturated carbocycles. The van der Waals surface area contributed by atoms with Crippen LogP contribution in [-0.4, -0.2) is 76.6 Å². The van der Waals surface area contributed by atoms with Gasteiger partial charge >= 0.3 is 0 Å². The molecule has 1 atom stereocenters. The molecule has 32 heavy (non-hydrogen) atoms. The fourth-order valence-corrected chi connectivity index (χ4v) is 5.62. The Balaban J connectivity index is 1.54. The molecule has 2 saturated heterocycles. The van der Waals surface area contributed by atoms with Crippen molar-refractivity contribution in [2.75, 3.05) is 53.0 Å². The predicted molar refractivity (Wildman–Crippen MR) is 117 cm³/mol. The van der Waals surface area contributed by atoms with Gasteiger partial charge in [-0.1, -0.05) is 0 Å². The fraction of sp³-hybridized carbons (Fsp3) is 0.500. The lowest BCUT2D eigenvalue weighted by Gasteiger charge is -2.27. The minimum atomic E-state index is -3.73. The maximum absolute atomic E-state index is 13.1. The molecule has 0 aliphatic carbocycles. The fourth-order valence-electron chi connectivity index (χ4n) is 4.19. The Bertz CT molecular complexity index is 1010. The Morgan fingerprint density at radius 2 is 1.91 bits per heavy atom. The monoisotopic (exact) mass is 463 g/mol. The molecule has 4 rings (SSSR count). The van der Waals surface area contributed by atoms with Crippen molar-refractivity contribution in [2.24, 2.45) is 0 Å². The number of nitrogens with one attached hydrogen (secondary N) is 1. The second-order valence-electron chi connectivity index (χ2n) is 7.86. The number of morpholine rings is 1. The summed E-state index contributed by atoms with van der Waals surface area (Å²) in [5.41, 5.74) is 0.182. The Morgan fingerprint density at radius 3 is 2.56 bits per heavy atom. The van der Waals surface area contributed by atoms with Crippen LogP contribution in [0.3, 0.4) is 0 Å². The summed E-state index contributed by atoms with van der Waals surface area (Å²) in [6, 6.07) is 8.04. The van der Waals surface area contributed by atoms with E-state index in [1.54, 1.807) is 6.26 Å². The summed E-state index contributed by atoms with van der Waals surface area (Å²) < 4.78 is 43.7. The highest BCUT2D eigenvalue weighted by atomic mass is 32.2. The zero-order valence-corrected chi connectivity index (χ0v) is 19.0. The second kappa shape index (κ2) is 10.0. The lowest BCUT2D eigenvalue weighted by atomic mass is 10.1. The van der Waals surface area contributed by atoms with E-state index in [0.29, 0.717) is 25.5 Å². The zero-order valence-electron chi connectivity index (χ0n) is 18.2. The third-order valence-electron chi connectivity index (χ3n) is 5.93. The number of hydrogen-bond acceptors (Lipinski definition) is 7. The van der Waals surface area contributed by atoms with Gasteiger partial charge in [-0.25, -0.2) is 8.42 Å². The van der Waals surface area contributed by atoms with Crippen molar-refractivity contribution in [1.29, 1.82) is 0 Å². The lowest BCUT2D eigenvalue weighted by Crippen LogP contribution is -2.40. The van der Waals surface area contributed by atoms with Crippen LogP contribution in [0.1, 0.15) is 35.0 Å². The number of carbonyl (C=O) groups excluding carboxylic acids is 1. The number of hydrogen-bond donors (Lipinski definition) is 1. The molecule has 2 fully saturated rings. The van der Waals surface area contributed by atoms with Gasteiger partial charge in [0.15, 0.2) is 0 Å². The molecule has 2 aliphatic rings. The van der Waals surface area contributed by atoms with Gasteiger partial charge in [-0.15, -0.1) is 0 Å². The summed E-state index contributed by atoms with van der Waals surface area (Å²) in [6.45, 7) is 3.51. The molecule has 174 valence electrons. The Labute approximate surface area is 188 Å². The highest BCUT2D eigenvalue weighted by molar-refractivity contribution is 7.89. The molecule has 10 heteroatoms. The highest BCUT2D eigenvalue weighted by Gasteiger charge is 2.29. The van der Waals surface area contributed by atoms with E-state index in [-0.39, 0.29) is 29.6 Å². The number of nitrogens with zero attached hydrogens (tertiary/aromatic N) is 2. The summed E-state index contributed by atoms with van der Waals surface area (Å²) in [4.78, 5) is 15.4. The number of rotatable bonds is 8. The van der Waals surface area contributed by atoms with Gasteiger partial charge < -0.3 is 19.2 Å². The van der Waals surface area contributed by atoms with Crippen LogP contribution < -0.4 is 10.1 Å². The van der Waals surface area contributed by atoms with Crippen LogP contribution in [0.25, 0.3) is 0 Å². The minimum Gasteiger partial charge on any atom is -0.496 e. The van der Waals surface area contributed by atoms with E-state index in [0.717, 1.165) is 31.7 Å². The van der Waals surface area contributed by atoms with Gasteiger partial charge in [-0.05, 0) is 56.3 Å². The summed E-state index contributed by atoms with van der Waals surface area (Å²) in [7, 11) is -2.27. The first-order valence-corrected chi connectivity index (χ1v) is 12.3. The standard InChI is InChI=1S/C22H29N3O6S/c1-29-20-7-6-17(32(27,28)25-10-13-30-14-11-25)15-18(20)22(26)23-16-19(21-5-4-12-31-21)24-8-2-3-9-24/h4-7,12,15,19H,2-3,8-11,13-14,16H2,1H3,(H,23,26)/t19-/m1/s1. The van der Waals surface area contributed by atoms with Crippen LogP contribution in [0.2, 0.25) is 0 Å². The van der Waals surface area contributed by atoms with E-state index >= 15 is 0 Å². The van der Waals surface area contributed by atoms with Crippen LogP contribution in [0.4, 0.5) is 0 Å². The van der Waals surface area contributed by atoms with Crippen LogP contribution in [0.5, 0.6) is 5.75 Å². The molecular formula is C22H29N3O6S. The van der Waals surface area contributed by atoms with Crippen molar-refractivity contribution in [3.8, 4) is 5.75 Å². The van der Waals surface area contributed by atoms with E-state index in [1.165, 1.54) is 29.6 Å². The van der Waals surface area contributed by atoms with Gasteiger partial charge in [-0.2, -0.15) is 4.31 Å². The van der Waals surface area contributed by atoms with Crippen molar-refractivity contribution in [1.82, 2.24) is 14.5 Å². The zero-order chi connectivity index (χ0) is 22.6. The van der Waals surface area contributed by atoms with Gasteiger partial charge in [0.2, 0.25) is 10.0 Å². The first kappa shape index (κ1) is 22.8. The summed E-state index contributed by atoms with van der Waals surface area (Å²) in [6.07, 6.45) is 3.85. The van der Waals surface area contributed by atoms with Crippen LogP contribution in [0.15, 0.2) is 45.9 Å². The number of benzene rings is 1. The molecule has 3 heterocycles. The smallest absolute Gasteiger partial charge is 0.255 e. The van der Waals surface area contributed by atoms with Gasteiger partial charge in [0.25, 0.3) is 5.91 Å².